The summed E-state index contributed by atoms with van der Waals surface area (Å²) < 4.78 is 25.1. The van der Waals surface area contributed by atoms with Crippen LogP contribution in [0.1, 0.15) is 27.6 Å². The number of nitrogens with zero attached hydrogens (tertiary/aromatic N) is 2. The summed E-state index contributed by atoms with van der Waals surface area (Å²) in [5, 5.41) is 3.52. The van der Waals surface area contributed by atoms with Crippen LogP contribution in [-0.2, 0) is 19.4 Å². The van der Waals surface area contributed by atoms with E-state index < -0.39 is 11.7 Å². The molecule has 0 atom stereocenters. The van der Waals surface area contributed by atoms with Crippen LogP contribution in [0.25, 0.3) is 11.1 Å². The summed E-state index contributed by atoms with van der Waals surface area (Å²) in [6, 6.07) is 22.4. The van der Waals surface area contributed by atoms with Crippen LogP contribution >= 0.6 is 0 Å². The minimum atomic E-state index is -0.719. The second-order valence-electron chi connectivity index (χ2n) is 6.99. The monoisotopic (exact) mass is 417 g/mol. The number of halogens is 1. The van der Waals surface area contributed by atoms with Crippen molar-refractivity contribution in [1.82, 2.24) is 10.1 Å². The summed E-state index contributed by atoms with van der Waals surface area (Å²) in [5.74, 6) is -0.670. The first-order chi connectivity index (χ1) is 15.1. The molecule has 0 bridgehead atoms. The van der Waals surface area contributed by atoms with Gasteiger partial charge in [0.2, 0.25) is 5.89 Å². The molecule has 4 aromatic rings. The summed E-state index contributed by atoms with van der Waals surface area (Å²) in [6.07, 6.45) is 1.14. The Bertz CT molecular complexity index is 1170. The zero-order valence-electron chi connectivity index (χ0n) is 16.6. The van der Waals surface area contributed by atoms with Gasteiger partial charge in [0, 0.05) is 6.42 Å². The molecular weight excluding hydrogens is 397 g/mol. The van der Waals surface area contributed by atoms with Crippen molar-refractivity contribution in [2.45, 2.75) is 19.4 Å². The lowest BCUT2D eigenvalue weighted by molar-refractivity contribution is 0.0987. The van der Waals surface area contributed by atoms with Gasteiger partial charge < -0.3 is 15.0 Å². The number of benzene rings is 3. The van der Waals surface area contributed by atoms with Crippen LogP contribution in [0.4, 0.5) is 4.39 Å². The van der Waals surface area contributed by atoms with Crippen molar-refractivity contribution in [1.29, 1.82) is 0 Å². The van der Waals surface area contributed by atoms with Crippen molar-refractivity contribution < 1.29 is 18.4 Å². The van der Waals surface area contributed by atoms with Crippen LogP contribution < -0.4 is 10.5 Å². The molecule has 0 unspecified atom stereocenters. The van der Waals surface area contributed by atoms with Crippen molar-refractivity contribution in [2.24, 2.45) is 5.73 Å². The topological polar surface area (TPSA) is 91.2 Å². The molecule has 156 valence electrons. The van der Waals surface area contributed by atoms with Crippen molar-refractivity contribution in [3.05, 3.63) is 101 Å². The van der Waals surface area contributed by atoms with E-state index >= 15 is 0 Å². The van der Waals surface area contributed by atoms with E-state index in [4.69, 9.17) is 15.0 Å². The molecule has 0 saturated carbocycles. The van der Waals surface area contributed by atoms with E-state index in [0.29, 0.717) is 25.3 Å². The predicted octanol–water partition coefficient (Wildman–Crippen LogP) is 4.34. The number of ether oxygens (including phenoxy) is 1. The standard InChI is InChI=1S/C24H20FN3O3/c25-20-14-19(11-12-21(20)30-15-17-4-2-1-3-5-17)18-9-6-16(7-10-18)8-13-22-27-24(23(26)29)28-31-22/h1-7,9-12,14H,8,13,15H2,(H2,26,29). The molecule has 0 aliphatic carbocycles. The molecule has 1 heterocycles. The van der Waals surface area contributed by atoms with Gasteiger partial charge in [0.05, 0.1) is 0 Å². The highest BCUT2D eigenvalue weighted by Gasteiger charge is 2.11. The molecule has 0 radical (unpaired) electrons. The first-order valence-corrected chi connectivity index (χ1v) is 9.76. The van der Waals surface area contributed by atoms with E-state index in [2.05, 4.69) is 10.1 Å². The van der Waals surface area contributed by atoms with E-state index in [0.717, 1.165) is 22.3 Å². The van der Waals surface area contributed by atoms with Gasteiger partial charge in [-0.25, -0.2) is 4.39 Å². The Morgan fingerprint density at radius 2 is 1.68 bits per heavy atom. The van der Waals surface area contributed by atoms with E-state index in [-0.39, 0.29) is 11.6 Å². The van der Waals surface area contributed by atoms with E-state index in [1.54, 1.807) is 6.07 Å². The predicted molar refractivity (Wildman–Crippen MR) is 113 cm³/mol. The van der Waals surface area contributed by atoms with E-state index in [9.17, 15) is 9.18 Å². The van der Waals surface area contributed by atoms with Crippen molar-refractivity contribution in [3.63, 3.8) is 0 Å². The van der Waals surface area contributed by atoms with Crippen LogP contribution in [0.2, 0.25) is 0 Å². The number of carbonyl (C=O) groups is 1. The molecule has 0 aliphatic heterocycles. The van der Waals surface area contributed by atoms with E-state index in [1.165, 1.54) is 6.07 Å². The van der Waals surface area contributed by atoms with Gasteiger partial charge in [0.25, 0.3) is 11.7 Å². The Morgan fingerprint density at radius 1 is 0.935 bits per heavy atom. The summed E-state index contributed by atoms with van der Waals surface area (Å²) in [4.78, 5) is 14.9. The maximum atomic E-state index is 14.5. The zero-order valence-corrected chi connectivity index (χ0v) is 16.6. The quantitative estimate of drug-likeness (QED) is 0.461. The first-order valence-electron chi connectivity index (χ1n) is 9.76. The van der Waals surface area contributed by atoms with Gasteiger partial charge in [-0.1, -0.05) is 65.8 Å². The van der Waals surface area contributed by atoms with Crippen molar-refractivity contribution in [2.75, 3.05) is 0 Å². The molecular formula is C24H20FN3O3. The Balaban J connectivity index is 1.37. The lowest BCUT2D eigenvalue weighted by Gasteiger charge is -2.09. The summed E-state index contributed by atoms with van der Waals surface area (Å²) in [5.41, 5.74) is 8.80. The molecule has 31 heavy (non-hydrogen) atoms. The van der Waals surface area contributed by atoms with Gasteiger partial charge in [-0.05, 0) is 40.8 Å². The maximum absolute atomic E-state index is 14.5. The third-order valence-electron chi connectivity index (χ3n) is 4.77. The fourth-order valence-corrected chi connectivity index (χ4v) is 3.10. The number of aromatic nitrogens is 2. The molecule has 6 nitrogen and oxygen atoms in total. The van der Waals surface area contributed by atoms with Crippen molar-refractivity contribution >= 4 is 5.91 Å². The average Bonchev–Trinajstić information content (AvgIpc) is 3.27. The number of aryl methyl sites for hydroxylation is 2. The SMILES string of the molecule is NC(=O)c1noc(CCc2ccc(-c3ccc(OCc4ccccc4)c(F)c3)cc2)n1. The molecule has 1 amide bonds. The smallest absolute Gasteiger partial charge is 0.290 e. The third-order valence-corrected chi connectivity index (χ3v) is 4.77. The minimum absolute atomic E-state index is 0.122. The molecule has 7 heteroatoms. The fourth-order valence-electron chi connectivity index (χ4n) is 3.10. The number of rotatable bonds is 8. The Labute approximate surface area is 178 Å². The normalized spacial score (nSPS) is 10.7. The van der Waals surface area contributed by atoms with E-state index in [1.807, 2.05) is 60.7 Å². The van der Waals surface area contributed by atoms with Crippen LogP contribution in [0.5, 0.6) is 5.75 Å². The Kier molecular flexibility index (Phi) is 6.03. The van der Waals surface area contributed by atoms with Crippen LogP contribution in [0.15, 0.2) is 77.3 Å². The maximum Gasteiger partial charge on any atom is 0.290 e. The van der Waals surface area contributed by atoms with Gasteiger partial charge in [-0.15, -0.1) is 0 Å². The second kappa shape index (κ2) is 9.21. The summed E-state index contributed by atoms with van der Waals surface area (Å²) in [6.45, 7) is 0.312. The number of nitrogens with two attached hydrogens (primary N) is 1. The largest absolute Gasteiger partial charge is 0.486 e. The summed E-state index contributed by atoms with van der Waals surface area (Å²) >= 11 is 0. The second-order valence-corrected chi connectivity index (χ2v) is 6.99. The van der Waals surface area contributed by atoms with Gasteiger partial charge in [0.15, 0.2) is 11.6 Å². The number of carbonyl (C=O) groups excluding carboxylic acids is 1. The molecule has 0 aliphatic rings. The first kappa shape index (κ1) is 20.3. The number of amides is 1. The van der Waals surface area contributed by atoms with Crippen LogP contribution in [0, 0.1) is 5.82 Å². The third kappa shape index (κ3) is 5.14. The van der Waals surface area contributed by atoms with Gasteiger partial charge in [-0.2, -0.15) is 4.98 Å². The van der Waals surface area contributed by atoms with Crippen LogP contribution in [0.3, 0.4) is 0 Å². The molecule has 3 aromatic carbocycles. The highest BCUT2D eigenvalue weighted by atomic mass is 19.1. The van der Waals surface area contributed by atoms with Gasteiger partial charge in [0.1, 0.15) is 6.61 Å². The Morgan fingerprint density at radius 3 is 2.35 bits per heavy atom. The summed E-state index contributed by atoms with van der Waals surface area (Å²) in [7, 11) is 0. The number of hydrogen-bond donors (Lipinski definition) is 1. The van der Waals surface area contributed by atoms with Crippen molar-refractivity contribution in [3.8, 4) is 16.9 Å². The Hall–Kier alpha value is -4.00. The number of hydrogen-bond acceptors (Lipinski definition) is 5. The molecule has 0 fully saturated rings. The molecule has 1 aromatic heterocycles. The molecule has 0 spiro atoms. The highest BCUT2D eigenvalue weighted by Crippen LogP contribution is 2.26. The lowest BCUT2D eigenvalue weighted by Crippen LogP contribution is -2.12. The van der Waals surface area contributed by atoms with Gasteiger partial charge >= 0.3 is 0 Å². The highest BCUT2D eigenvalue weighted by molar-refractivity contribution is 5.88. The zero-order chi connectivity index (χ0) is 21.6. The average molecular weight is 417 g/mol. The molecule has 4 rings (SSSR count). The molecule has 2 N–H and O–H groups in total. The minimum Gasteiger partial charge on any atom is -0.486 e. The molecule has 0 saturated heterocycles. The lowest BCUT2D eigenvalue weighted by atomic mass is 10.0. The fraction of sp³-hybridized carbons (Fsp3) is 0.125. The van der Waals surface area contributed by atoms with Gasteiger partial charge in [-0.3, -0.25) is 4.79 Å². The number of primary amides is 1. The van der Waals surface area contributed by atoms with Crippen LogP contribution in [-0.4, -0.2) is 16.0 Å².